The average Bonchev–Trinajstić information content (AvgIpc) is 2.80. The Morgan fingerprint density at radius 3 is 2.71 bits per heavy atom. The third-order valence-electron chi connectivity index (χ3n) is 3.01. The van der Waals surface area contributed by atoms with Gasteiger partial charge in [-0.15, -0.1) is 0 Å². The predicted octanol–water partition coefficient (Wildman–Crippen LogP) is 0.657. The summed E-state index contributed by atoms with van der Waals surface area (Å²) in [6, 6.07) is 9.72. The highest BCUT2D eigenvalue weighted by molar-refractivity contribution is 5.92. The molecule has 7 nitrogen and oxygen atoms in total. The number of amides is 1. The quantitative estimate of drug-likeness (QED) is 0.658. The minimum atomic E-state index is -0.319. The first-order chi connectivity index (χ1) is 10.1. The lowest BCUT2D eigenvalue weighted by atomic mass is 10.2. The Labute approximate surface area is 118 Å². The van der Waals surface area contributed by atoms with Crippen LogP contribution in [0.4, 0.5) is 5.69 Å². The molecule has 1 amide bonds. The number of carbonyl (C=O) groups excluding carboxylic acids is 1. The van der Waals surface area contributed by atoms with Crippen LogP contribution in [0.25, 0.3) is 11.0 Å². The summed E-state index contributed by atoms with van der Waals surface area (Å²) in [4.78, 5) is 39.8. The van der Waals surface area contributed by atoms with Crippen LogP contribution < -0.4 is 16.6 Å². The number of nitrogens with zero attached hydrogens (tertiary/aromatic N) is 1. The first kappa shape index (κ1) is 12.9. The summed E-state index contributed by atoms with van der Waals surface area (Å²) in [6.07, 6.45) is 1.55. The second kappa shape index (κ2) is 5.12. The molecule has 0 aliphatic heterocycles. The Morgan fingerprint density at radius 2 is 1.90 bits per heavy atom. The molecule has 3 rings (SSSR count). The number of carbonyl (C=O) groups is 1. The second-order valence-corrected chi connectivity index (χ2v) is 4.55. The average molecular weight is 284 g/mol. The van der Waals surface area contributed by atoms with E-state index in [1.165, 1.54) is 10.6 Å². The van der Waals surface area contributed by atoms with E-state index in [9.17, 15) is 14.4 Å². The molecule has 106 valence electrons. The predicted molar refractivity (Wildman–Crippen MR) is 78.3 cm³/mol. The number of hydrogen-bond acceptors (Lipinski definition) is 3. The van der Waals surface area contributed by atoms with Crippen LogP contribution in [-0.4, -0.2) is 20.4 Å². The number of nitrogens with one attached hydrogen (secondary N) is 3. The Balaban J connectivity index is 1.78. The van der Waals surface area contributed by atoms with Crippen LogP contribution in [0, 0.1) is 0 Å². The molecule has 0 aliphatic carbocycles. The van der Waals surface area contributed by atoms with Crippen molar-refractivity contribution in [2.45, 2.75) is 6.54 Å². The summed E-state index contributed by atoms with van der Waals surface area (Å²) in [6.45, 7) is -0.0681. The summed E-state index contributed by atoms with van der Waals surface area (Å²) in [5.74, 6) is -0.319. The van der Waals surface area contributed by atoms with E-state index in [4.69, 9.17) is 0 Å². The Kier molecular flexibility index (Phi) is 3.15. The van der Waals surface area contributed by atoms with Gasteiger partial charge in [0, 0.05) is 18.0 Å². The molecule has 2 heterocycles. The summed E-state index contributed by atoms with van der Waals surface area (Å²) in [5.41, 5.74) is 1.28. The molecule has 0 spiro atoms. The zero-order chi connectivity index (χ0) is 14.8. The zero-order valence-electron chi connectivity index (χ0n) is 10.9. The molecule has 0 unspecified atom stereocenters. The number of H-pyrrole nitrogens is 2. The lowest BCUT2D eigenvalue weighted by Crippen LogP contribution is -2.26. The van der Waals surface area contributed by atoms with Crippen LogP contribution in [0.1, 0.15) is 0 Å². The zero-order valence-corrected chi connectivity index (χ0v) is 10.9. The Morgan fingerprint density at radius 1 is 1.10 bits per heavy atom. The van der Waals surface area contributed by atoms with E-state index in [2.05, 4.69) is 15.3 Å². The maximum absolute atomic E-state index is 11.9. The van der Waals surface area contributed by atoms with Gasteiger partial charge in [0.05, 0.1) is 11.0 Å². The first-order valence-corrected chi connectivity index (χ1v) is 6.29. The lowest BCUT2D eigenvalue weighted by molar-refractivity contribution is -0.116. The van der Waals surface area contributed by atoms with Gasteiger partial charge < -0.3 is 19.9 Å². The highest BCUT2D eigenvalue weighted by atomic mass is 16.2. The highest BCUT2D eigenvalue weighted by Gasteiger charge is 2.06. The number of rotatable bonds is 3. The number of hydrogen-bond donors (Lipinski definition) is 3. The minimum Gasteiger partial charge on any atom is -0.324 e. The molecule has 0 atom stereocenters. The molecule has 3 N–H and O–H groups in total. The van der Waals surface area contributed by atoms with Gasteiger partial charge in [0.1, 0.15) is 6.54 Å². The smallest absolute Gasteiger partial charge is 0.323 e. The van der Waals surface area contributed by atoms with Gasteiger partial charge in [-0.1, -0.05) is 6.07 Å². The molecule has 3 aromatic rings. The van der Waals surface area contributed by atoms with Crippen molar-refractivity contribution < 1.29 is 4.79 Å². The van der Waals surface area contributed by atoms with Crippen molar-refractivity contribution in [1.82, 2.24) is 14.5 Å². The van der Waals surface area contributed by atoms with Crippen molar-refractivity contribution in [2.24, 2.45) is 0 Å². The summed E-state index contributed by atoms with van der Waals surface area (Å²) < 4.78 is 1.31. The molecule has 2 aromatic heterocycles. The molecular weight excluding hydrogens is 272 g/mol. The van der Waals surface area contributed by atoms with Crippen molar-refractivity contribution in [2.75, 3.05) is 5.32 Å². The Hall–Kier alpha value is -3.09. The molecule has 7 heteroatoms. The third kappa shape index (κ3) is 2.76. The Bertz CT molecular complexity index is 919. The van der Waals surface area contributed by atoms with Gasteiger partial charge in [0.25, 0.3) is 5.56 Å². The number of imidazole rings is 1. The summed E-state index contributed by atoms with van der Waals surface area (Å²) >= 11 is 0. The molecule has 0 radical (unpaired) electrons. The van der Waals surface area contributed by atoms with Crippen molar-refractivity contribution in [3.63, 3.8) is 0 Å². The summed E-state index contributed by atoms with van der Waals surface area (Å²) in [5, 5.41) is 2.68. The van der Waals surface area contributed by atoms with Gasteiger partial charge in [-0.2, -0.15) is 0 Å². The number of aromatic nitrogens is 3. The van der Waals surface area contributed by atoms with Crippen molar-refractivity contribution in [3.8, 4) is 0 Å². The van der Waals surface area contributed by atoms with Crippen LogP contribution in [0.3, 0.4) is 0 Å². The van der Waals surface area contributed by atoms with Crippen LogP contribution >= 0.6 is 0 Å². The van der Waals surface area contributed by atoms with E-state index >= 15 is 0 Å². The summed E-state index contributed by atoms with van der Waals surface area (Å²) in [7, 11) is 0. The van der Waals surface area contributed by atoms with Gasteiger partial charge in [0.15, 0.2) is 0 Å². The van der Waals surface area contributed by atoms with E-state index in [1.807, 2.05) is 0 Å². The van der Waals surface area contributed by atoms with Crippen LogP contribution in [-0.2, 0) is 11.3 Å². The van der Waals surface area contributed by atoms with Gasteiger partial charge in [-0.3, -0.25) is 9.59 Å². The van der Waals surface area contributed by atoms with Gasteiger partial charge in [-0.05, 0) is 24.3 Å². The van der Waals surface area contributed by atoms with Gasteiger partial charge >= 0.3 is 5.69 Å². The van der Waals surface area contributed by atoms with Crippen molar-refractivity contribution in [1.29, 1.82) is 0 Å². The van der Waals surface area contributed by atoms with E-state index in [0.717, 1.165) is 0 Å². The number of fused-ring (bicyclic) bond motifs is 1. The third-order valence-corrected chi connectivity index (χ3v) is 3.01. The molecule has 21 heavy (non-hydrogen) atoms. The maximum Gasteiger partial charge on any atom is 0.323 e. The highest BCUT2D eigenvalue weighted by Crippen LogP contribution is 2.14. The van der Waals surface area contributed by atoms with Gasteiger partial charge in [-0.25, -0.2) is 4.79 Å². The van der Waals surface area contributed by atoms with Crippen LogP contribution in [0.2, 0.25) is 0 Å². The number of aromatic amines is 2. The molecule has 0 saturated carbocycles. The van der Waals surface area contributed by atoms with Crippen LogP contribution in [0.5, 0.6) is 0 Å². The minimum absolute atomic E-state index is 0.0681. The SMILES string of the molecule is O=C(Cn1ccccc1=O)Nc1ccc2[nH]c(=O)[nH]c2c1. The number of pyridine rings is 1. The van der Waals surface area contributed by atoms with E-state index in [-0.39, 0.29) is 23.7 Å². The molecule has 0 saturated heterocycles. The number of benzene rings is 1. The largest absolute Gasteiger partial charge is 0.324 e. The van der Waals surface area contributed by atoms with Gasteiger partial charge in [0.2, 0.25) is 5.91 Å². The molecule has 0 fully saturated rings. The fourth-order valence-corrected chi connectivity index (χ4v) is 2.06. The first-order valence-electron chi connectivity index (χ1n) is 6.29. The van der Waals surface area contributed by atoms with E-state index in [0.29, 0.717) is 16.7 Å². The molecule has 0 aliphatic rings. The second-order valence-electron chi connectivity index (χ2n) is 4.55. The standard InChI is InChI=1S/C14H12N4O3/c19-12(8-18-6-2-1-3-13(18)20)15-9-4-5-10-11(7-9)17-14(21)16-10/h1-7H,8H2,(H,15,19)(H2,16,17,21). The van der Waals surface area contributed by atoms with Crippen LogP contribution in [0.15, 0.2) is 52.2 Å². The van der Waals surface area contributed by atoms with E-state index in [1.54, 1.807) is 36.5 Å². The van der Waals surface area contributed by atoms with Crippen molar-refractivity contribution in [3.05, 3.63) is 63.4 Å². The lowest BCUT2D eigenvalue weighted by Gasteiger charge is -2.07. The van der Waals surface area contributed by atoms with Crippen molar-refractivity contribution >= 4 is 22.6 Å². The topological polar surface area (TPSA) is 99.8 Å². The monoisotopic (exact) mass is 284 g/mol. The maximum atomic E-state index is 11.9. The number of anilines is 1. The fraction of sp³-hybridized carbons (Fsp3) is 0.0714. The molecule has 0 bridgehead atoms. The molecule has 1 aromatic carbocycles. The fourth-order valence-electron chi connectivity index (χ4n) is 2.06. The molecular formula is C14H12N4O3. The van der Waals surface area contributed by atoms with E-state index < -0.39 is 0 Å². The normalized spacial score (nSPS) is 10.7.